The first-order chi connectivity index (χ1) is 11.0. The Morgan fingerprint density at radius 2 is 1.83 bits per heavy atom. The lowest BCUT2D eigenvalue weighted by molar-refractivity contribution is 0.0171. The summed E-state index contributed by atoms with van der Waals surface area (Å²) < 4.78 is 37.5. The number of benzene rings is 1. The van der Waals surface area contributed by atoms with Gasteiger partial charge in [-0.05, 0) is 26.8 Å². The number of hydrogen-bond donors (Lipinski definition) is 0. The summed E-state index contributed by atoms with van der Waals surface area (Å²) in [5.41, 5.74) is 0.00932. The largest absolute Gasteiger partial charge is 0.491 e. The molecule has 1 amide bonds. The van der Waals surface area contributed by atoms with Crippen molar-refractivity contribution in [2.45, 2.75) is 59.1 Å². The topological polar surface area (TPSA) is 38.8 Å². The summed E-state index contributed by atoms with van der Waals surface area (Å²) in [6, 6.07) is 3.94. The van der Waals surface area contributed by atoms with Crippen molar-refractivity contribution in [1.29, 1.82) is 0 Å². The van der Waals surface area contributed by atoms with Crippen molar-refractivity contribution in [3.8, 4) is 5.75 Å². The highest BCUT2D eigenvalue weighted by atomic mass is 19.3. The van der Waals surface area contributed by atoms with Crippen molar-refractivity contribution >= 4 is 6.09 Å². The summed E-state index contributed by atoms with van der Waals surface area (Å²) in [6.07, 6.45) is -0.473. The fourth-order valence-electron chi connectivity index (χ4n) is 2.25. The molecule has 1 unspecified atom stereocenters. The molecule has 24 heavy (non-hydrogen) atoms. The van der Waals surface area contributed by atoms with E-state index in [1.807, 2.05) is 13.8 Å². The zero-order valence-electron chi connectivity index (χ0n) is 15.4. The second-order valence-corrected chi connectivity index (χ2v) is 6.56. The fraction of sp³-hybridized carbons (Fsp3) is 0.611. The van der Waals surface area contributed by atoms with E-state index in [0.717, 1.165) is 6.92 Å². The van der Waals surface area contributed by atoms with Crippen LogP contribution in [0.1, 0.15) is 58.7 Å². The van der Waals surface area contributed by atoms with Gasteiger partial charge in [0.25, 0.3) is 5.92 Å². The zero-order chi connectivity index (χ0) is 18.7. The SMILES string of the molecule is CC.CN(C(=O)OC(C)(C)C)C1COc2cc(C(C)(F)F)ccc21. The van der Waals surface area contributed by atoms with Gasteiger partial charge in [-0.25, -0.2) is 13.6 Å². The van der Waals surface area contributed by atoms with Crippen LogP contribution < -0.4 is 4.74 Å². The molecule has 0 saturated carbocycles. The third kappa shape index (κ3) is 4.82. The van der Waals surface area contributed by atoms with Crippen LogP contribution in [0.15, 0.2) is 18.2 Å². The summed E-state index contributed by atoms with van der Waals surface area (Å²) in [4.78, 5) is 13.5. The zero-order valence-corrected chi connectivity index (χ0v) is 15.4. The Labute approximate surface area is 142 Å². The number of amides is 1. The summed E-state index contributed by atoms with van der Waals surface area (Å²) >= 11 is 0. The van der Waals surface area contributed by atoms with Gasteiger partial charge < -0.3 is 14.4 Å². The summed E-state index contributed by atoms with van der Waals surface area (Å²) in [5, 5.41) is 0. The molecule has 0 fully saturated rings. The lowest BCUT2D eigenvalue weighted by atomic mass is 10.0. The molecule has 0 aromatic heterocycles. The lowest BCUT2D eigenvalue weighted by Crippen LogP contribution is -2.37. The van der Waals surface area contributed by atoms with Crippen molar-refractivity contribution in [2.75, 3.05) is 13.7 Å². The van der Waals surface area contributed by atoms with Crippen LogP contribution in [-0.2, 0) is 10.7 Å². The van der Waals surface area contributed by atoms with Crippen molar-refractivity contribution in [1.82, 2.24) is 4.90 Å². The number of ether oxygens (including phenoxy) is 2. The molecular weight excluding hydrogens is 316 g/mol. The van der Waals surface area contributed by atoms with Gasteiger partial charge in [-0.1, -0.05) is 26.0 Å². The predicted molar refractivity (Wildman–Crippen MR) is 89.6 cm³/mol. The summed E-state index contributed by atoms with van der Waals surface area (Å²) in [7, 11) is 1.61. The molecule has 0 bridgehead atoms. The van der Waals surface area contributed by atoms with Crippen LogP contribution in [0.3, 0.4) is 0 Å². The van der Waals surface area contributed by atoms with Crippen LogP contribution in [0.25, 0.3) is 0 Å². The molecule has 0 radical (unpaired) electrons. The molecule has 136 valence electrons. The molecule has 0 saturated heterocycles. The van der Waals surface area contributed by atoms with Gasteiger partial charge in [0.2, 0.25) is 0 Å². The number of halogens is 2. The predicted octanol–water partition coefficient (Wildman–Crippen LogP) is 5.12. The molecule has 2 rings (SSSR count). The quantitative estimate of drug-likeness (QED) is 0.748. The third-order valence-electron chi connectivity index (χ3n) is 3.43. The minimum absolute atomic E-state index is 0.105. The Kier molecular flexibility index (Phi) is 6.20. The van der Waals surface area contributed by atoms with Gasteiger partial charge in [0, 0.05) is 25.1 Å². The van der Waals surface area contributed by atoms with E-state index in [-0.39, 0.29) is 18.2 Å². The first-order valence-corrected chi connectivity index (χ1v) is 8.10. The van der Waals surface area contributed by atoms with Crippen molar-refractivity contribution in [3.63, 3.8) is 0 Å². The van der Waals surface area contributed by atoms with Gasteiger partial charge >= 0.3 is 6.09 Å². The molecule has 0 aliphatic carbocycles. The summed E-state index contributed by atoms with van der Waals surface area (Å²) in [5.74, 6) is -2.53. The number of alkyl halides is 2. The number of fused-ring (bicyclic) bond motifs is 1. The van der Waals surface area contributed by atoms with Crippen molar-refractivity contribution in [3.05, 3.63) is 29.3 Å². The van der Waals surface area contributed by atoms with Gasteiger partial charge in [0.1, 0.15) is 18.0 Å². The van der Waals surface area contributed by atoms with Crippen LogP contribution in [-0.4, -0.2) is 30.2 Å². The van der Waals surface area contributed by atoms with E-state index in [1.165, 1.54) is 17.0 Å². The molecule has 1 aromatic rings. The second kappa shape index (κ2) is 7.36. The monoisotopic (exact) mass is 343 g/mol. The van der Waals surface area contributed by atoms with Gasteiger partial charge in [-0.2, -0.15) is 0 Å². The normalized spacial score (nSPS) is 16.5. The Morgan fingerprint density at radius 3 is 2.33 bits per heavy atom. The average Bonchev–Trinajstić information content (AvgIpc) is 2.88. The van der Waals surface area contributed by atoms with E-state index in [2.05, 4.69) is 0 Å². The highest BCUT2D eigenvalue weighted by molar-refractivity contribution is 5.69. The molecule has 0 spiro atoms. The molecule has 0 N–H and O–H groups in total. The van der Waals surface area contributed by atoms with Gasteiger partial charge in [-0.3, -0.25) is 0 Å². The molecule has 1 atom stereocenters. The second-order valence-electron chi connectivity index (χ2n) is 6.56. The number of hydrogen-bond acceptors (Lipinski definition) is 3. The smallest absolute Gasteiger partial charge is 0.410 e. The van der Waals surface area contributed by atoms with Crippen LogP contribution in [0.5, 0.6) is 5.75 Å². The molecule has 1 aliphatic rings. The van der Waals surface area contributed by atoms with Crippen LogP contribution in [0, 0.1) is 0 Å². The van der Waals surface area contributed by atoms with E-state index in [4.69, 9.17) is 9.47 Å². The van der Waals surface area contributed by atoms with Crippen LogP contribution >= 0.6 is 0 Å². The number of carbonyl (C=O) groups excluding carboxylic acids is 1. The van der Waals surface area contributed by atoms with E-state index >= 15 is 0 Å². The molecule has 4 nitrogen and oxygen atoms in total. The Hall–Kier alpha value is -1.85. The maximum Gasteiger partial charge on any atom is 0.410 e. The Morgan fingerprint density at radius 1 is 1.25 bits per heavy atom. The minimum atomic E-state index is -2.92. The van der Waals surface area contributed by atoms with Gasteiger partial charge in [-0.15, -0.1) is 0 Å². The molecule has 1 aliphatic heterocycles. The molecule has 1 aromatic carbocycles. The maximum atomic E-state index is 13.4. The number of likely N-dealkylation sites (N-methyl/N-ethyl adjacent to an activating group) is 1. The standard InChI is InChI=1S/C16H21F2NO3.C2H6/c1-15(2,3)22-14(20)19(5)12-9-21-13-8-10(16(4,17)18)6-7-11(12)13;1-2/h6-8,12H,9H2,1-5H3;1-2H3. The molecule has 1 heterocycles. The molecular formula is C18H27F2NO3. The number of rotatable bonds is 2. The van der Waals surface area contributed by atoms with Crippen LogP contribution in [0.4, 0.5) is 13.6 Å². The van der Waals surface area contributed by atoms with Crippen molar-refractivity contribution < 1.29 is 23.0 Å². The van der Waals surface area contributed by atoms with E-state index in [0.29, 0.717) is 11.3 Å². The Balaban J connectivity index is 0.00000139. The average molecular weight is 343 g/mol. The number of carbonyl (C=O) groups is 1. The van der Waals surface area contributed by atoms with Crippen molar-refractivity contribution in [2.24, 2.45) is 0 Å². The first kappa shape index (κ1) is 20.2. The third-order valence-corrected chi connectivity index (χ3v) is 3.43. The minimum Gasteiger partial charge on any atom is -0.491 e. The van der Waals surface area contributed by atoms with Gasteiger partial charge in [0.05, 0.1) is 6.04 Å². The lowest BCUT2D eigenvalue weighted by Gasteiger charge is -2.28. The van der Waals surface area contributed by atoms with E-state index in [9.17, 15) is 13.6 Å². The van der Waals surface area contributed by atoms with E-state index in [1.54, 1.807) is 33.9 Å². The highest BCUT2D eigenvalue weighted by Gasteiger charge is 2.34. The van der Waals surface area contributed by atoms with E-state index < -0.39 is 17.6 Å². The Bertz CT molecular complexity index is 577. The van der Waals surface area contributed by atoms with Gasteiger partial charge in [0.15, 0.2) is 0 Å². The fourth-order valence-corrected chi connectivity index (χ4v) is 2.25. The number of nitrogens with zero attached hydrogens (tertiary/aromatic N) is 1. The first-order valence-electron chi connectivity index (χ1n) is 8.10. The maximum absolute atomic E-state index is 13.4. The molecule has 6 heteroatoms. The summed E-state index contributed by atoms with van der Waals surface area (Å²) in [6.45, 7) is 10.4. The van der Waals surface area contributed by atoms with Crippen LogP contribution in [0.2, 0.25) is 0 Å². The highest BCUT2D eigenvalue weighted by Crippen LogP contribution is 2.39.